The summed E-state index contributed by atoms with van der Waals surface area (Å²) in [6.07, 6.45) is 2.66. The molecule has 3 aromatic heterocycles. The fraction of sp³-hybridized carbons (Fsp3) is 0.281. The second kappa shape index (κ2) is 11.3. The Morgan fingerprint density at radius 2 is 1.91 bits per heavy atom. The van der Waals surface area contributed by atoms with Crippen LogP contribution in [0.1, 0.15) is 16.7 Å². The molecule has 1 saturated heterocycles. The summed E-state index contributed by atoms with van der Waals surface area (Å²) in [5, 5.41) is 10.8. The zero-order valence-electron chi connectivity index (χ0n) is 24.6. The summed E-state index contributed by atoms with van der Waals surface area (Å²) in [6, 6.07) is 14.2. The molecule has 0 spiro atoms. The summed E-state index contributed by atoms with van der Waals surface area (Å²) in [7, 11) is 2.11. The molecular weight excluding hydrogens is 561 g/mol. The number of likely N-dealkylation sites (N-methyl/N-ethyl adjacent to an activating group) is 1. The van der Waals surface area contributed by atoms with E-state index in [2.05, 4.69) is 40.2 Å². The molecule has 0 aliphatic carbocycles. The van der Waals surface area contributed by atoms with Gasteiger partial charge in [-0.15, -0.1) is 0 Å². The minimum Gasteiger partial charge on any atom is -0.424 e. The van der Waals surface area contributed by atoms with Crippen LogP contribution in [0.3, 0.4) is 0 Å². The Morgan fingerprint density at radius 3 is 2.77 bits per heavy atom. The smallest absolute Gasteiger partial charge is 0.326 e. The fourth-order valence-electron chi connectivity index (χ4n) is 6.03. The molecule has 0 bridgehead atoms. The summed E-state index contributed by atoms with van der Waals surface area (Å²) < 4.78 is 20.1. The van der Waals surface area contributed by atoms with Gasteiger partial charge in [0.05, 0.1) is 29.3 Å². The van der Waals surface area contributed by atoms with E-state index in [-0.39, 0.29) is 12.6 Å². The summed E-state index contributed by atoms with van der Waals surface area (Å²) in [5.41, 5.74) is 9.86. The number of pyridine rings is 1. The lowest BCUT2D eigenvalue weighted by molar-refractivity contribution is -0.128. The number of nitrogens with one attached hydrogen (secondary N) is 2. The molecule has 2 N–H and O–H groups in total. The number of carbonyl (C=O) groups excluding carboxylic acids is 1. The van der Waals surface area contributed by atoms with E-state index in [0.717, 1.165) is 58.5 Å². The number of hydrogen-bond donors (Lipinski definition) is 2. The maximum Gasteiger partial charge on any atom is 0.326 e. The van der Waals surface area contributed by atoms with Crippen LogP contribution in [-0.2, 0) is 17.8 Å². The van der Waals surface area contributed by atoms with Gasteiger partial charge in [-0.3, -0.25) is 14.9 Å². The number of anilines is 1. The first-order chi connectivity index (χ1) is 21.4. The van der Waals surface area contributed by atoms with E-state index in [0.29, 0.717) is 36.5 Å². The molecule has 44 heavy (non-hydrogen) atoms. The van der Waals surface area contributed by atoms with Crippen LogP contribution >= 0.6 is 0 Å². The maximum atomic E-state index is 13.7. The van der Waals surface area contributed by atoms with Crippen molar-refractivity contribution in [2.45, 2.75) is 19.9 Å². The van der Waals surface area contributed by atoms with Crippen molar-refractivity contribution in [3.8, 4) is 23.0 Å². The fourth-order valence-corrected chi connectivity index (χ4v) is 6.03. The second-order valence-corrected chi connectivity index (χ2v) is 11.2. The third-order valence-corrected chi connectivity index (χ3v) is 8.28. The van der Waals surface area contributed by atoms with Crippen LogP contribution in [0.4, 0.5) is 10.2 Å². The largest absolute Gasteiger partial charge is 0.424 e. The van der Waals surface area contributed by atoms with Crippen LogP contribution in [0, 0.1) is 6.92 Å². The third kappa shape index (κ3) is 5.12. The highest BCUT2D eigenvalue weighted by atomic mass is 19.1. The lowest BCUT2D eigenvalue weighted by Crippen LogP contribution is -2.40. The van der Waals surface area contributed by atoms with Crippen LogP contribution in [0.25, 0.3) is 33.2 Å². The van der Waals surface area contributed by atoms with Gasteiger partial charge in [0.2, 0.25) is 0 Å². The number of amides is 1. The number of rotatable bonds is 5. The van der Waals surface area contributed by atoms with Gasteiger partial charge in [-0.25, -0.2) is 14.8 Å². The van der Waals surface area contributed by atoms with Gasteiger partial charge in [0.1, 0.15) is 5.75 Å². The molecule has 224 valence electrons. The number of benzene rings is 2. The Morgan fingerprint density at radius 1 is 1.02 bits per heavy atom. The number of H-pyrrole nitrogens is 1. The van der Waals surface area contributed by atoms with Gasteiger partial charge in [-0.1, -0.05) is 24.8 Å². The first-order valence-corrected chi connectivity index (χ1v) is 14.6. The van der Waals surface area contributed by atoms with Crippen molar-refractivity contribution in [2.24, 2.45) is 0 Å². The molecule has 0 unspecified atom stereocenters. The van der Waals surface area contributed by atoms with Gasteiger partial charge in [-0.05, 0) is 55.8 Å². The van der Waals surface area contributed by atoms with Gasteiger partial charge < -0.3 is 14.5 Å². The van der Waals surface area contributed by atoms with Crippen molar-refractivity contribution < 1.29 is 13.9 Å². The molecule has 0 atom stereocenters. The van der Waals surface area contributed by atoms with Crippen LogP contribution in [-0.4, -0.2) is 80.6 Å². The standard InChI is InChI=1S/C32H32FN9O2/c1-19-7-9-25-24(17-34-39-25)28(19)26-10-8-23-29(36-26)37-32(44-27-6-4-5-21-18-40(3)13-11-22(21)27)38-30(23)42-16-15-41(14-12-35-42)31(43)20(2)33/h4-10,17,35H,2,11-16,18H2,1,3H3,(H,34,39). The SMILES string of the molecule is C=C(F)C(=O)N1CCNN(c2nc(Oc3cccc4c3CCN(C)C4)nc3nc(-c4c(C)ccc5[nH]ncc45)ccc23)CC1. The van der Waals surface area contributed by atoms with E-state index in [4.69, 9.17) is 19.7 Å². The van der Waals surface area contributed by atoms with Crippen molar-refractivity contribution in [1.29, 1.82) is 0 Å². The Bertz CT molecular complexity index is 1920. The maximum absolute atomic E-state index is 13.7. The average Bonchev–Trinajstić information content (AvgIpc) is 3.35. The van der Waals surface area contributed by atoms with E-state index in [1.165, 1.54) is 10.5 Å². The highest BCUT2D eigenvalue weighted by Gasteiger charge is 2.25. The first-order valence-electron chi connectivity index (χ1n) is 14.6. The molecule has 0 saturated carbocycles. The number of nitrogens with zero attached hydrogens (tertiary/aromatic N) is 7. The van der Waals surface area contributed by atoms with Gasteiger partial charge >= 0.3 is 6.01 Å². The van der Waals surface area contributed by atoms with E-state index in [1.807, 2.05) is 48.3 Å². The Hall–Kier alpha value is -4.94. The van der Waals surface area contributed by atoms with Gasteiger partial charge in [-0.2, -0.15) is 15.1 Å². The number of fused-ring (bicyclic) bond motifs is 3. The Balaban J connectivity index is 1.33. The topological polar surface area (TPSA) is 115 Å². The van der Waals surface area contributed by atoms with Crippen molar-refractivity contribution in [3.63, 3.8) is 0 Å². The lowest BCUT2D eigenvalue weighted by atomic mass is 9.99. The molecule has 1 amide bonds. The van der Waals surface area contributed by atoms with E-state index < -0.39 is 11.7 Å². The van der Waals surface area contributed by atoms with Crippen LogP contribution in [0.2, 0.25) is 0 Å². The number of halogens is 1. The quantitative estimate of drug-likeness (QED) is 0.288. The average molecular weight is 594 g/mol. The van der Waals surface area contributed by atoms with Crippen molar-refractivity contribution in [3.05, 3.63) is 77.8 Å². The summed E-state index contributed by atoms with van der Waals surface area (Å²) in [4.78, 5) is 30.7. The minimum atomic E-state index is -0.973. The minimum absolute atomic E-state index is 0.166. The molecule has 5 heterocycles. The summed E-state index contributed by atoms with van der Waals surface area (Å²) >= 11 is 0. The van der Waals surface area contributed by atoms with Crippen LogP contribution in [0.5, 0.6) is 11.8 Å². The Labute approximate surface area is 253 Å². The molecule has 5 aromatic rings. The number of ether oxygens (including phenoxy) is 1. The number of hydrogen-bond acceptors (Lipinski definition) is 9. The zero-order chi connectivity index (χ0) is 30.4. The molecule has 0 radical (unpaired) electrons. The zero-order valence-corrected chi connectivity index (χ0v) is 24.6. The highest BCUT2D eigenvalue weighted by molar-refractivity contribution is 5.97. The molecule has 1 fully saturated rings. The number of carbonyl (C=O) groups is 1. The molecule has 2 aromatic carbocycles. The third-order valence-electron chi connectivity index (χ3n) is 8.28. The normalized spacial score (nSPS) is 15.8. The van der Waals surface area contributed by atoms with Crippen molar-refractivity contribution in [2.75, 3.05) is 44.8 Å². The summed E-state index contributed by atoms with van der Waals surface area (Å²) in [5.74, 6) is -0.406. The van der Waals surface area contributed by atoms with Gasteiger partial charge in [0, 0.05) is 49.2 Å². The predicted octanol–water partition coefficient (Wildman–Crippen LogP) is 4.29. The number of aromatic nitrogens is 5. The molecular formula is C32H32FN9O2. The second-order valence-electron chi connectivity index (χ2n) is 11.2. The summed E-state index contributed by atoms with van der Waals surface area (Å²) in [6.45, 7) is 8.35. The van der Waals surface area contributed by atoms with Gasteiger partial charge in [0.25, 0.3) is 5.91 Å². The van der Waals surface area contributed by atoms with Crippen molar-refractivity contribution >= 4 is 33.7 Å². The molecule has 2 aliphatic rings. The van der Waals surface area contributed by atoms with Gasteiger partial charge in [0.15, 0.2) is 17.3 Å². The van der Waals surface area contributed by atoms with E-state index >= 15 is 0 Å². The first kappa shape index (κ1) is 27.9. The number of hydrazine groups is 1. The molecule has 12 heteroatoms. The molecule has 2 aliphatic heterocycles. The monoisotopic (exact) mass is 593 g/mol. The van der Waals surface area contributed by atoms with Crippen LogP contribution < -0.4 is 15.2 Å². The van der Waals surface area contributed by atoms with Crippen LogP contribution in [0.15, 0.2) is 61.1 Å². The predicted molar refractivity (Wildman–Crippen MR) is 166 cm³/mol. The lowest BCUT2D eigenvalue weighted by Gasteiger charge is -2.26. The number of aromatic amines is 1. The highest BCUT2D eigenvalue weighted by Crippen LogP contribution is 2.35. The number of aryl methyl sites for hydroxylation is 1. The van der Waals surface area contributed by atoms with E-state index in [1.54, 1.807) is 6.20 Å². The molecule has 7 rings (SSSR count). The van der Waals surface area contributed by atoms with Crippen molar-refractivity contribution in [1.82, 2.24) is 40.4 Å². The van der Waals surface area contributed by atoms with E-state index in [9.17, 15) is 9.18 Å². The molecule has 11 nitrogen and oxygen atoms in total. The Kier molecular flexibility index (Phi) is 7.15.